The molecule has 0 aliphatic rings. The first-order chi connectivity index (χ1) is 48.5. The van der Waals surface area contributed by atoms with Crippen LogP contribution in [0.25, 0.3) is 22.2 Å². The molecule has 6 N–H and O–H groups in total. The van der Waals surface area contributed by atoms with Crippen LogP contribution in [0.5, 0.6) is 5.88 Å². The maximum Gasteiger partial charge on any atom is 0.341 e. The van der Waals surface area contributed by atoms with Crippen LogP contribution in [0.3, 0.4) is 0 Å². The third-order valence-corrected chi connectivity index (χ3v) is 15.7. The Morgan fingerprint density at radius 2 is 1.08 bits per heavy atom. The highest BCUT2D eigenvalue weighted by molar-refractivity contribution is 8.26. The minimum absolute atomic E-state index is 0.0472. The van der Waals surface area contributed by atoms with E-state index in [-0.39, 0.29) is 52.3 Å². The van der Waals surface area contributed by atoms with Crippen LogP contribution in [-0.2, 0) is 58.1 Å². The third kappa shape index (κ3) is 36.1. The highest BCUT2D eigenvalue weighted by Crippen LogP contribution is 2.26. The summed E-state index contributed by atoms with van der Waals surface area (Å²) in [6, 6.07) is 35.6. The van der Waals surface area contributed by atoms with E-state index >= 15 is 0 Å². The maximum absolute atomic E-state index is 12.4. The molecule has 0 aliphatic carbocycles. The Kier molecular flexibility index (Phi) is 44.5. The summed E-state index contributed by atoms with van der Waals surface area (Å²) in [6.07, 6.45) is 16.2. The van der Waals surface area contributed by atoms with E-state index in [0.29, 0.717) is 49.8 Å². The van der Waals surface area contributed by atoms with Crippen molar-refractivity contribution >= 4 is 140 Å². The predicted molar refractivity (Wildman–Crippen MR) is 418 cm³/mol. The van der Waals surface area contributed by atoms with Crippen molar-refractivity contribution in [2.24, 2.45) is 0 Å². The van der Waals surface area contributed by atoms with E-state index in [1.807, 2.05) is 98.8 Å². The molecule has 554 valence electrons. The number of benzene rings is 2. The Morgan fingerprint density at radius 1 is 0.608 bits per heavy atom. The third-order valence-electron chi connectivity index (χ3n) is 12.7. The van der Waals surface area contributed by atoms with Gasteiger partial charge in [0.25, 0.3) is 37.9 Å². The van der Waals surface area contributed by atoms with Crippen LogP contribution in [-0.4, -0.2) is 92.1 Å². The van der Waals surface area contributed by atoms with Crippen molar-refractivity contribution in [2.45, 2.75) is 148 Å². The van der Waals surface area contributed by atoms with Crippen LogP contribution >= 0.6 is 80.1 Å². The van der Waals surface area contributed by atoms with Crippen molar-refractivity contribution < 1.29 is 46.8 Å². The number of aromatic carboxylic acids is 1. The average Bonchev–Trinajstić information content (AvgIpc) is 1.68. The number of aryl methyl sites for hydroxylation is 3. The second kappa shape index (κ2) is 50.0. The molecule has 102 heavy (non-hydrogen) atoms. The Hall–Kier alpha value is -7.46. The number of carbonyl (C=O) groups excluding carboxylic acids is 1. The van der Waals surface area contributed by atoms with E-state index in [9.17, 15) is 33.6 Å². The quantitative estimate of drug-likeness (QED) is 0.0136. The lowest BCUT2D eigenvalue weighted by Gasteiger charge is -2.22. The van der Waals surface area contributed by atoms with Gasteiger partial charge < -0.3 is 61.7 Å². The lowest BCUT2D eigenvalue weighted by molar-refractivity contribution is 0.0691. The number of halogens is 5. The van der Waals surface area contributed by atoms with E-state index in [4.69, 9.17) is 84.2 Å². The predicted octanol–water partition coefficient (Wildman–Crippen LogP) is 15.8. The van der Waals surface area contributed by atoms with Crippen molar-refractivity contribution in [3.8, 4) is 5.88 Å². The molecule has 33 heteroatoms. The molecular formula is C69H87Cl5N8O15S3Si2. The Morgan fingerprint density at radius 3 is 1.54 bits per heavy atom. The number of oxazole rings is 2. The van der Waals surface area contributed by atoms with Crippen molar-refractivity contribution in [1.82, 2.24) is 38.6 Å². The number of hydrogen-bond acceptors (Lipinski definition) is 18. The highest BCUT2D eigenvalue weighted by atomic mass is 36.0. The summed E-state index contributed by atoms with van der Waals surface area (Å²) in [5.74, 6) is -0.290. The smallest absolute Gasteiger partial charge is 0.341 e. The number of thioether (sulfide) groups is 1. The van der Waals surface area contributed by atoms with Gasteiger partial charge in [0.05, 0.1) is 29.9 Å². The molecule has 10 aromatic rings. The molecule has 0 fully saturated rings. The van der Waals surface area contributed by atoms with Gasteiger partial charge in [-0.05, 0) is 156 Å². The molecular weight excluding hydrogens is 1510 g/mol. The van der Waals surface area contributed by atoms with Crippen molar-refractivity contribution in [2.75, 3.05) is 5.34 Å². The first-order valence-electron chi connectivity index (χ1n) is 31.7. The van der Waals surface area contributed by atoms with Gasteiger partial charge in [0, 0.05) is 106 Å². The molecule has 0 atom stereocenters. The molecule has 0 radical (unpaired) electrons. The van der Waals surface area contributed by atoms with Crippen LogP contribution in [0.1, 0.15) is 102 Å². The van der Waals surface area contributed by atoms with Gasteiger partial charge in [-0.2, -0.15) is 0 Å². The number of fused-ring (bicyclic) bond motifs is 2. The molecule has 0 saturated heterocycles. The van der Waals surface area contributed by atoms with Gasteiger partial charge in [0.15, 0.2) is 11.2 Å². The van der Waals surface area contributed by atoms with Gasteiger partial charge in [0.1, 0.15) is 16.6 Å². The number of hydrogen-bond donors (Lipinski definition) is 6. The van der Waals surface area contributed by atoms with Gasteiger partial charge in [-0.3, -0.25) is 24.0 Å². The normalized spacial score (nSPS) is 10.4. The lowest BCUT2D eigenvalue weighted by atomic mass is 10.3. The fourth-order valence-electron chi connectivity index (χ4n) is 7.97. The summed E-state index contributed by atoms with van der Waals surface area (Å²) in [5, 5.41) is 26.5. The summed E-state index contributed by atoms with van der Waals surface area (Å²) < 4.78 is 36.3. The van der Waals surface area contributed by atoms with E-state index < -0.39 is 37.4 Å². The molecule has 8 aromatic heterocycles. The fraction of sp³-hybridized carbons (Fsp3) is 0.333. The summed E-state index contributed by atoms with van der Waals surface area (Å²) in [6.45, 7) is 20.3. The number of carboxylic acid groups (broad SMARTS) is 1. The zero-order chi connectivity index (χ0) is 76.2. The fourth-order valence-corrected chi connectivity index (χ4v) is 10.6. The van der Waals surface area contributed by atoms with E-state index in [1.54, 1.807) is 68.6 Å². The number of aliphatic hydroxyl groups is 2. The van der Waals surface area contributed by atoms with Crippen molar-refractivity contribution in [3.05, 3.63) is 248 Å². The van der Waals surface area contributed by atoms with Gasteiger partial charge in [-0.1, -0.05) is 88.2 Å². The number of nitrogens with one attached hydrogen (secondary N) is 3. The number of alkyl halides is 3. The second-order valence-corrected chi connectivity index (χ2v) is 36.7. The van der Waals surface area contributed by atoms with Crippen LogP contribution < -0.4 is 32.2 Å². The number of carbonyl (C=O) groups is 2. The SMILES string of the molecule is CCCCn1cccc(CCl)c1=O.CCCCn1cccc(CO)c1=O.CCCCn1cccc(CSc2nc3ccccc3o2)c1=O.C[Si](C)(C)OC(=O)c1cccnc1O[Si](C)(C)C.ClCCl.O=C(O)c1ccc[nH]c1=O.O=S(Cl)Cl.O=c1[nH]cccc1CO.S=c1[nH]c2ccccc2o1. The zero-order valence-corrected chi connectivity index (χ0v) is 66.2. The Balaban J connectivity index is 0.000000406. The number of pyridine rings is 6. The number of para-hydroxylation sites is 4. The molecule has 0 aliphatic heterocycles. The molecule has 2 aromatic carbocycles. The number of carboxylic acids is 1. The number of H-pyrrole nitrogens is 3. The number of aromatic nitrogens is 8. The van der Waals surface area contributed by atoms with Crippen LogP contribution in [0.2, 0.25) is 39.3 Å². The van der Waals surface area contributed by atoms with Gasteiger partial charge in [0.2, 0.25) is 31.7 Å². The lowest BCUT2D eigenvalue weighted by Crippen LogP contribution is -2.32. The largest absolute Gasteiger partial charge is 0.531 e. The number of unbranched alkanes of at least 4 members (excludes halogenated alkanes) is 3. The topological polar surface area (TPSA) is 330 Å². The van der Waals surface area contributed by atoms with Crippen molar-refractivity contribution in [1.29, 1.82) is 0 Å². The van der Waals surface area contributed by atoms with Crippen LogP contribution in [0.4, 0.5) is 0 Å². The Labute approximate surface area is 628 Å². The second-order valence-electron chi connectivity index (χ2n) is 23.0. The molecule has 0 saturated carbocycles. The Bertz CT molecular complexity index is 4380. The first-order valence-corrected chi connectivity index (χ1v) is 44.3. The standard InChI is InChI=1S/C17H18N2O2S.C12H21NO3Si2.C10H14ClNO.C10H15NO2.C7H5NOS.C6H5NO3.C6H7NO2.CH2Cl2.Cl2OS/c1-2-3-10-19-11-6-7-13(16(19)20)12-22-17-18-14-8-4-5-9-15(14)21-17;1-17(2,3)15-11-10(8-7-9-13-11)12(14)16-18(4,5)6;1-2-3-6-12-7-4-5-9(8-11)10(12)13;1-2-3-6-11-7-4-5-9(8-12)10(11)13;10-7-8-5-3-1-2-4-6(5)9-7;8-5-4(6(9)10)2-1-3-7-5;8-4-5-2-1-3-7-6(5)9;2-1-3;1-4(2)3/h4-9,11H,2-3,10,12H2,1H3;7-9H,1-6H3;4-5,7H,2-3,6,8H2,1H3;4-5,7,12H,2-3,6,8H2,1H3;1-4H,(H,8,10);1-3H,(H,7,8)(H,9,10);1-3,8H,4H2,(H,7,9);1H2;. The van der Waals surface area contributed by atoms with Crippen LogP contribution in [0.15, 0.2) is 197 Å². The van der Waals surface area contributed by atoms with Gasteiger partial charge in [-0.15, -0.1) is 34.8 Å². The molecule has 0 spiro atoms. The number of aliphatic hydroxyl groups excluding tert-OH is 2. The zero-order valence-electron chi connectivity index (χ0n) is 58.0. The van der Waals surface area contributed by atoms with Gasteiger partial charge >= 0.3 is 11.9 Å². The molecule has 23 nitrogen and oxygen atoms in total. The summed E-state index contributed by atoms with van der Waals surface area (Å²) in [7, 11) is 3.66. The van der Waals surface area contributed by atoms with E-state index in [2.05, 4.69) is 86.7 Å². The van der Waals surface area contributed by atoms with Crippen LogP contribution in [0, 0.1) is 4.84 Å². The first kappa shape index (κ1) is 90.6. The van der Waals surface area contributed by atoms with E-state index in [0.717, 1.165) is 85.9 Å². The van der Waals surface area contributed by atoms with Gasteiger partial charge in [-0.25, -0.2) is 23.8 Å². The maximum atomic E-state index is 12.4. The summed E-state index contributed by atoms with van der Waals surface area (Å²) in [4.78, 5) is 95.6. The summed E-state index contributed by atoms with van der Waals surface area (Å²) in [5.41, 5.74) is 5.17. The minimum Gasteiger partial charge on any atom is -0.531 e. The monoisotopic (exact) mass is 1590 g/mol. The van der Waals surface area contributed by atoms with E-state index in [1.165, 1.54) is 36.3 Å². The minimum atomic E-state index is -1.91. The molecule has 0 amide bonds. The highest BCUT2D eigenvalue weighted by Gasteiger charge is 2.26. The molecule has 8 heterocycles. The average molecular weight is 1600 g/mol. The number of aromatic amines is 3. The number of nitrogens with zero attached hydrogens (tertiary/aromatic N) is 5. The molecule has 0 unspecified atom stereocenters. The molecule has 10 rings (SSSR count). The summed E-state index contributed by atoms with van der Waals surface area (Å²) >= 11 is 21.4. The number of rotatable bonds is 20. The van der Waals surface area contributed by atoms with Crippen molar-refractivity contribution in [3.63, 3.8) is 0 Å². The molecule has 0 bridgehead atoms.